The highest BCUT2D eigenvalue weighted by molar-refractivity contribution is 6.31. The summed E-state index contributed by atoms with van der Waals surface area (Å²) in [4.78, 5) is 0. The molecule has 3 heteroatoms. The van der Waals surface area contributed by atoms with Crippen molar-refractivity contribution < 1.29 is 9.84 Å². The maximum Gasteiger partial charge on any atom is 0.186 e. The molecule has 1 rings (SSSR count). The Labute approximate surface area is 70.4 Å². The minimum absolute atomic E-state index is 0.320. The Morgan fingerprint density at radius 2 is 2.27 bits per heavy atom. The SMILES string of the molecule is Cc1ccc(OCO)cc1Cl. The summed E-state index contributed by atoms with van der Waals surface area (Å²) < 4.78 is 4.81. The number of rotatable bonds is 2. The van der Waals surface area contributed by atoms with E-state index in [2.05, 4.69) is 0 Å². The van der Waals surface area contributed by atoms with Gasteiger partial charge in [0.1, 0.15) is 5.75 Å². The van der Waals surface area contributed by atoms with E-state index >= 15 is 0 Å². The zero-order chi connectivity index (χ0) is 8.27. The van der Waals surface area contributed by atoms with Crippen LogP contribution < -0.4 is 4.74 Å². The van der Waals surface area contributed by atoms with Crippen molar-refractivity contribution in [2.24, 2.45) is 0 Å². The normalized spacial score (nSPS) is 9.73. The molecule has 0 unspecified atom stereocenters. The molecule has 2 nitrogen and oxygen atoms in total. The molecule has 1 aromatic carbocycles. The van der Waals surface area contributed by atoms with Gasteiger partial charge in [0.15, 0.2) is 6.79 Å². The van der Waals surface area contributed by atoms with Gasteiger partial charge in [0, 0.05) is 5.02 Å². The number of hydrogen-bond donors (Lipinski definition) is 1. The van der Waals surface area contributed by atoms with Crippen LogP contribution in [0, 0.1) is 6.92 Å². The largest absolute Gasteiger partial charge is 0.468 e. The van der Waals surface area contributed by atoms with E-state index in [0.717, 1.165) is 5.56 Å². The lowest BCUT2D eigenvalue weighted by molar-refractivity contribution is 0.0985. The smallest absolute Gasteiger partial charge is 0.186 e. The van der Waals surface area contributed by atoms with Crippen LogP contribution in [0.4, 0.5) is 0 Å². The van der Waals surface area contributed by atoms with Gasteiger partial charge in [-0.1, -0.05) is 17.7 Å². The van der Waals surface area contributed by atoms with Crippen molar-refractivity contribution >= 4 is 11.6 Å². The molecule has 11 heavy (non-hydrogen) atoms. The summed E-state index contributed by atoms with van der Waals surface area (Å²) in [5, 5.41) is 9.06. The summed E-state index contributed by atoms with van der Waals surface area (Å²) >= 11 is 5.79. The topological polar surface area (TPSA) is 29.5 Å². The Morgan fingerprint density at radius 1 is 1.55 bits per heavy atom. The molecule has 0 bridgehead atoms. The number of benzene rings is 1. The highest BCUT2D eigenvalue weighted by atomic mass is 35.5. The van der Waals surface area contributed by atoms with Gasteiger partial charge in [0.05, 0.1) is 0 Å². The predicted molar refractivity (Wildman–Crippen MR) is 43.9 cm³/mol. The summed E-state index contributed by atoms with van der Waals surface area (Å²) in [6.07, 6.45) is 0. The number of aliphatic hydroxyl groups is 1. The van der Waals surface area contributed by atoms with Crippen LogP contribution in [-0.2, 0) is 0 Å². The molecule has 0 amide bonds. The zero-order valence-corrected chi connectivity index (χ0v) is 6.93. The van der Waals surface area contributed by atoms with Crippen molar-refractivity contribution in [1.82, 2.24) is 0 Å². The van der Waals surface area contributed by atoms with E-state index in [0.29, 0.717) is 10.8 Å². The van der Waals surface area contributed by atoms with Crippen LogP contribution >= 0.6 is 11.6 Å². The van der Waals surface area contributed by atoms with Crippen LogP contribution in [0.25, 0.3) is 0 Å². The molecular weight excluding hydrogens is 164 g/mol. The van der Waals surface area contributed by atoms with E-state index < -0.39 is 0 Å². The van der Waals surface area contributed by atoms with E-state index in [4.69, 9.17) is 21.4 Å². The number of aliphatic hydroxyl groups excluding tert-OH is 1. The molecule has 0 radical (unpaired) electrons. The first-order chi connectivity index (χ1) is 5.24. The van der Waals surface area contributed by atoms with E-state index in [-0.39, 0.29) is 6.79 Å². The van der Waals surface area contributed by atoms with Crippen LogP contribution in [0.15, 0.2) is 18.2 Å². The molecule has 0 aliphatic heterocycles. The second-order valence-electron chi connectivity index (χ2n) is 2.18. The molecule has 0 saturated carbocycles. The fourth-order valence-electron chi connectivity index (χ4n) is 0.738. The van der Waals surface area contributed by atoms with Gasteiger partial charge in [-0.3, -0.25) is 0 Å². The minimum atomic E-state index is -0.320. The van der Waals surface area contributed by atoms with Gasteiger partial charge in [0.25, 0.3) is 0 Å². The van der Waals surface area contributed by atoms with Gasteiger partial charge in [-0.25, -0.2) is 0 Å². The third kappa shape index (κ3) is 2.10. The maximum atomic E-state index is 8.41. The lowest BCUT2D eigenvalue weighted by Crippen LogP contribution is -1.94. The second-order valence-corrected chi connectivity index (χ2v) is 2.59. The molecule has 60 valence electrons. The summed E-state index contributed by atoms with van der Waals surface area (Å²) in [5.41, 5.74) is 0.997. The molecule has 0 heterocycles. The van der Waals surface area contributed by atoms with Crippen molar-refractivity contribution in [3.63, 3.8) is 0 Å². The number of aryl methyl sites for hydroxylation is 1. The highest BCUT2D eigenvalue weighted by Gasteiger charge is 1.96. The standard InChI is InChI=1S/C8H9ClO2/c1-6-2-3-7(11-5-10)4-8(6)9/h2-4,10H,5H2,1H3. The number of halogens is 1. The second kappa shape index (κ2) is 3.60. The van der Waals surface area contributed by atoms with Gasteiger partial charge < -0.3 is 9.84 Å². The summed E-state index contributed by atoms with van der Waals surface area (Å²) in [7, 11) is 0. The third-order valence-corrected chi connectivity index (χ3v) is 1.78. The van der Waals surface area contributed by atoms with Crippen molar-refractivity contribution in [3.8, 4) is 5.75 Å². The Bertz CT molecular complexity index is 248. The molecule has 0 spiro atoms. The van der Waals surface area contributed by atoms with Crippen molar-refractivity contribution in [1.29, 1.82) is 0 Å². The monoisotopic (exact) mass is 172 g/mol. The molecule has 1 N–H and O–H groups in total. The number of hydrogen-bond acceptors (Lipinski definition) is 2. The van der Waals surface area contributed by atoms with Crippen molar-refractivity contribution in [2.45, 2.75) is 6.92 Å². The Morgan fingerprint density at radius 3 is 2.82 bits per heavy atom. The van der Waals surface area contributed by atoms with Gasteiger partial charge >= 0.3 is 0 Å². The molecule has 0 aliphatic carbocycles. The van der Waals surface area contributed by atoms with Crippen LogP contribution in [0.1, 0.15) is 5.56 Å². The molecule has 0 saturated heterocycles. The summed E-state index contributed by atoms with van der Waals surface area (Å²) in [6.45, 7) is 1.59. The minimum Gasteiger partial charge on any atom is -0.468 e. The van der Waals surface area contributed by atoms with Crippen LogP contribution in [-0.4, -0.2) is 11.9 Å². The fraction of sp³-hybridized carbons (Fsp3) is 0.250. The molecule has 0 aliphatic rings. The zero-order valence-electron chi connectivity index (χ0n) is 6.17. The van der Waals surface area contributed by atoms with Gasteiger partial charge in [-0.05, 0) is 24.6 Å². The first-order valence-corrected chi connectivity index (χ1v) is 3.61. The Balaban J connectivity index is 2.86. The van der Waals surface area contributed by atoms with Crippen LogP contribution in [0.3, 0.4) is 0 Å². The average Bonchev–Trinajstić information content (AvgIpc) is 1.98. The van der Waals surface area contributed by atoms with Crippen LogP contribution in [0.2, 0.25) is 5.02 Å². The predicted octanol–water partition coefficient (Wildman–Crippen LogP) is 1.98. The fourth-order valence-corrected chi connectivity index (χ4v) is 0.908. The molecular formula is C8H9ClO2. The first-order valence-electron chi connectivity index (χ1n) is 3.24. The molecule has 1 aromatic rings. The molecule has 0 fully saturated rings. The lowest BCUT2D eigenvalue weighted by Gasteiger charge is -2.03. The van der Waals surface area contributed by atoms with E-state index in [1.165, 1.54) is 0 Å². The molecule has 0 atom stereocenters. The summed E-state index contributed by atoms with van der Waals surface area (Å²) in [6, 6.07) is 5.28. The Kier molecular flexibility index (Phi) is 2.74. The maximum absolute atomic E-state index is 8.41. The van der Waals surface area contributed by atoms with E-state index in [1.807, 2.05) is 13.0 Å². The molecule has 0 aromatic heterocycles. The number of ether oxygens (including phenoxy) is 1. The van der Waals surface area contributed by atoms with E-state index in [1.54, 1.807) is 12.1 Å². The Hall–Kier alpha value is -0.730. The van der Waals surface area contributed by atoms with Crippen molar-refractivity contribution in [2.75, 3.05) is 6.79 Å². The van der Waals surface area contributed by atoms with E-state index in [9.17, 15) is 0 Å². The quantitative estimate of drug-likeness (QED) is 0.692. The first kappa shape index (κ1) is 8.37. The summed E-state index contributed by atoms with van der Waals surface area (Å²) in [5.74, 6) is 0.586. The highest BCUT2D eigenvalue weighted by Crippen LogP contribution is 2.21. The van der Waals surface area contributed by atoms with Gasteiger partial charge in [-0.2, -0.15) is 0 Å². The van der Waals surface area contributed by atoms with Crippen molar-refractivity contribution in [3.05, 3.63) is 28.8 Å². The van der Waals surface area contributed by atoms with Gasteiger partial charge in [-0.15, -0.1) is 0 Å². The van der Waals surface area contributed by atoms with Gasteiger partial charge in [0.2, 0.25) is 0 Å². The average molecular weight is 173 g/mol. The third-order valence-electron chi connectivity index (χ3n) is 1.37. The lowest BCUT2D eigenvalue weighted by atomic mass is 10.2. The van der Waals surface area contributed by atoms with Crippen LogP contribution in [0.5, 0.6) is 5.75 Å².